The number of esters is 1. The number of nitrogens with zero attached hydrogens (tertiary/aromatic N) is 2. The van der Waals surface area contributed by atoms with E-state index >= 15 is 0 Å². The predicted octanol–water partition coefficient (Wildman–Crippen LogP) is 0.118. The third-order valence-electron chi connectivity index (χ3n) is 5.05. The maximum atomic E-state index is 12.6. The molecule has 4 rings (SSSR count). The molecule has 3 aliphatic rings. The summed E-state index contributed by atoms with van der Waals surface area (Å²) in [5.41, 5.74) is 1.21. The number of β-amino-alcohol motifs (C(OH)–C–C–N with tert-alkyl or cyclic N) is 1. The summed E-state index contributed by atoms with van der Waals surface area (Å²) < 4.78 is 4.75. The number of aliphatic hydroxyl groups is 1. The quantitative estimate of drug-likeness (QED) is 0.528. The summed E-state index contributed by atoms with van der Waals surface area (Å²) >= 11 is 0. The Morgan fingerprint density at radius 1 is 1.18 bits per heavy atom. The highest BCUT2D eigenvalue weighted by molar-refractivity contribution is 6.22. The van der Waals surface area contributed by atoms with Crippen molar-refractivity contribution in [2.75, 3.05) is 32.1 Å². The van der Waals surface area contributed by atoms with Gasteiger partial charge in [0.25, 0.3) is 17.7 Å². The summed E-state index contributed by atoms with van der Waals surface area (Å²) in [4.78, 5) is 52.3. The Morgan fingerprint density at radius 2 is 1.89 bits per heavy atom. The summed E-state index contributed by atoms with van der Waals surface area (Å²) in [6.45, 7) is -0.135. The zero-order valence-electron chi connectivity index (χ0n) is 15.2. The van der Waals surface area contributed by atoms with Crippen molar-refractivity contribution >= 4 is 29.4 Å². The minimum atomic E-state index is -0.649. The second-order valence-electron chi connectivity index (χ2n) is 6.89. The molecule has 1 aromatic carbocycles. The van der Waals surface area contributed by atoms with Gasteiger partial charge >= 0.3 is 5.97 Å². The number of hydrogen-bond acceptors (Lipinski definition) is 7. The molecule has 1 fully saturated rings. The number of hydrogen-bond donors (Lipinski definition) is 2. The van der Waals surface area contributed by atoms with Crippen LogP contribution in [0.2, 0.25) is 0 Å². The summed E-state index contributed by atoms with van der Waals surface area (Å²) in [5, 5.41) is 12.0. The Kier molecular flexibility index (Phi) is 4.38. The van der Waals surface area contributed by atoms with Crippen molar-refractivity contribution in [2.24, 2.45) is 0 Å². The topological polar surface area (TPSA) is 116 Å². The van der Waals surface area contributed by atoms with Crippen LogP contribution in [0.1, 0.15) is 33.6 Å². The van der Waals surface area contributed by atoms with Crippen molar-refractivity contribution in [3.8, 4) is 0 Å². The summed E-state index contributed by atoms with van der Waals surface area (Å²) in [5.74, 6) is -1.73. The number of rotatable bonds is 6. The first-order valence-corrected chi connectivity index (χ1v) is 8.96. The molecule has 0 unspecified atom stereocenters. The molecule has 2 N–H and O–H groups in total. The lowest BCUT2D eigenvalue weighted by Gasteiger charge is -2.15. The normalized spacial score (nSPS) is 18.9. The molecule has 2 aliphatic heterocycles. The first-order chi connectivity index (χ1) is 13.5. The standard InChI is InChI=1S/C19H19N3O6/c1-28-19(27)14-9-21(6-7-23)18(26)15(14)20-10-2-5-12-13(8-10)17(25)22(16(12)24)11-3-4-11/h2,5,8,11,20,23H,3-4,6-7,9H2,1H3. The molecule has 9 nitrogen and oxygen atoms in total. The third-order valence-corrected chi connectivity index (χ3v) is 5.05. The van der Waals surface area contributed by atoms with Gasteiger partial charge in [-0.05, 0) is 31.0 Å². The number of carbonyl (C=O) groups excluding carboxylic acids is 4. The highest BCUT2D eigenvalue weighted by Gasteiger charge is 2.44. The highest BCUT2D eigenvalue weighted by Crippen LogP contribution is 2.36. The maximum Gasteiger partial charge on any atom is 0.337 e. The van der Waals surface area contributed by atoms with E-state index in [1.165, 1.54) is 23.0 Å². The van der Waals surface area contributed by atoms with Gasteiger partial charge in [0.05, 0.1) is 37.0 Å². The molecular formula is C19H19N3O6. The van der Waals surface area contributed by atoms with E-state index in [1.807, 2.05) is 0 Å². The third kappa shape index (κ3) is 2.84. The molecule has 2 heterocycles. The molecule has 0 bridgehead atoms. The number of nitrogens with one attached hydrogen (secondary N) is 1. The number of benzene rings is 1. The summed E-state index contributed by atoms with van der Waals surface area (Å²) in [6.07, 6.45) is 1.64. The average molecular weight is 385 g/mol. The lowest BCUT2D eigenvalue weighted by Crippen LogP contribution is -2.31. The van der Waals surface area contributed by atoms with Crippen LogP contribution in [0.15, 0.2) is 29.5 Å². The van der Waals surface area contributed by atoms with Crippen molar-refractivity contribution in [3.05, 3.63) is 40.6 Å². The molecule has 28 heavy (non-hydrogen) atoms. The van der Waals surface area contributed by atoms with Gasteiger partial charge in [-0.1, -0.05) is 0 Å². The number of aliphatic hydroxyl groups excluding tert-OH is 1. The number of amides is 3. The van der Waals surface area contributed by atoms with Gasteiger partial charge in [-0.25, -0.2) is 4.79 Å². The Labute approximate surface area is 160 Å². The van der Waals surface area contributed by atoms with Crippen molar-refractivity contribution in [2.45, 2.75) is 18.9 Å². The van der Waals surface area contributed by atoms with E-state index in [1.54, 1.807) is 12.1 Å². The second-order valence-corrected chi connectivity index (χ2v) is 6.89. The molecule has 3 amide bonds. The Balaban J connectivity index is 1.64. The van der Waals surface area contributed by atoms with Crippen molar-refractivity contribution < 1.29 is 29.0 Å². The Bertz CT molecular complexity index is 934. The monoisotopic (exact) mass is 385 g/mol. The number of carbonyl (C=O) groups is 4. The SMILES string of the molecule is COC(=O)C1=C(Nc2ccc3c(c2)C(=O)N(C2CC2)C3=O)C(=O)N(CCO)C1. The molecule has 0 saturated heterocycles. The van der Waals surface area contributed by atoms with E-state index in [4.69, 9.17) is 9.84 Å². The van der Waals surface area contributed by atoms with E-state index in [-0.39, 0.29) is 54.4 Å². The number of anilines is 1. The van der Waals surface area contributed by atoms with E-state index in [9.17, 15) is 19.2 Å². The highest BCUT2D eigenvalue weighted by atomic mass is 16.5. The zero-order valence-corrected chi connectivity index (χ0v) is 15.2. The lowest BCUT2D eigenvalue weighted by atomic mass is 10.1. The van der Waals surface area contributed by atoms with Crippen LogP contribution in [0.3, 0.4) is 0 Å². The fraction of sp³-hybridized carbons (Fsp3) is 0.368. The van der Waals surface area contributed by atoms with Gasteiger partial charge in [-0.2, -0.15) is 0 Å². The van der Waals surface area contributed by atoms with Gasteiger partial charge in [0.15, 0.2) is 0 Å². The Morgan fingerprint density at radius 3 is 2.54 bits per heavy atom. The van der Waals surface area contributed by atoms with Gasteiger partial charge in [0.2, 0.25) is 0 Å². The van der Waals surface area contributed by atoms with Crippen LogP contribution in [0.4, 0.5) is 5.69 Å². The van der Waals surface area contributed by atoms with Gasteiger partial charge in [-0.3, -0.25) is 19.3 Å². The zero-order chi connectivity index (χ0) is 20.0. The van der Waals surface area contributed by atoms with E-state index < -0.39 is 11.9 Å². The average Bonchev–Trinajstić information content (AvgIpc) is 3.44. The first-order valence-electron chi connectivity index (χ1n) is 8.96. The first kappa shape index (κ1) is 18.2. The molecule has 1 saturated carbocycles. The van der Waals surface area contributed by atoms with E-state index in [0.29, 0.717) is 11.3 Å². The van der Waals surface area contributed by atoms with Crippen LogP contribution >= 0.6 is 0 Å². The fourth-order valence-corrected chi connectivity index (χ4v) is 3.49. The lowest BCUT2D eigenvalue weighted by molar-refractivity contribution is -0.136. The molecular weight excluding hydrogens is 366 g/mol. The fourth-order valence-electron chi connectivity index (χ4n) is 3.49. The second kappa shape index (κ2) is 6.75. The molecule has 0 atom stereocenters. The van der Waals surface area contributed by atoms with Crippen LogP contribution in [0.5, 0.6) is 0 Å². The summed E-state index contributed by atoms with van der Waals surface area (Å²) in [7, 11) is 1.22. The Hall–Kier alpha value is -3.20. The van der Waals surface area contributed by atoms with Crippen molar-refractivity contribution in [3.63, 3.8) is 0 Å². The van der Waals surface area contributed by atoms with Crippen LogP contribution in [-0.2, 0) is 14.3 Å². The van der Waals surface area contributed by atoms with Gasteiger partial charge in [0.1, 0.15) is 5.70 Å². The van der Waals surface area contributed by atoms with Crippen molar-refractivity contribution in [1.29, 1.82) is 0 Å². The number of fused-ring (bicyclic) bond motifs is 1. The van der Waals surface area contributed by atoms with Crippen LogP contribution in [-0.4, -0.2) is 71.4 Å². The van der Waals surface area contributed by atoms with Crippen LogP contribution in [0, 0.1) is 0 Å². The smallest absolute Gasteiger partial charge is 0.337 e. The van der Waals surface area contributed by atoms with Crippen LogP contribution in [0.25, 0.3) is 0 Å². The molecule has 1 aromatic rings. The van der Waals surface area contributed by atoms with Gasteiger partial charge < -0.3 is 20.1 Å². The molecule has 1 aliphatic carbocycles. The largest absolute Gasteiger partial charge is 0.466 e. The molecule has 0 radical (unpaired) electrons. The van der Waals surface area contributed by atoms with Gasteiger partial charge in [0, 0.05) is 18.3 Å². The molecule has 0 aromatic heterocycles. The summed E-state index contributed by atoms with van der Waals surface area (Å²) in [6, 6.07) is 4.62. The van der Waals surface area contributed by atoms with Crippen molar-refractivity contribution in [1.82, 2.24) is 9.80 Å². The maximum absolute atomic E-state index is 12.6. The predicted molar refractivity (Wildman–Crippen MR) is 96.3 cm³/mol. The van der Waals surface area contributed by atoms with E-state index in [0.717, 1.165) is 12.8 Å². The molecule has 9 heteroatoms. The van der Waals surface area contributed by atoms with E-state index in [2.05, 4.69) is 5.32 Å². The molecule has 146 valence electrons. The minimum absolute atomic E-state index is 0.0201. The molecule has 0 spiro atoms. The minimum Gasteiger partial charge on any atom is -0.466 e. The number of imide groups is 1. The van der Waals surface area contributed by atoms with Gasteiger partial charge in [-0.15, -0.1) is 0 Å². The number of methoxy groups -OCH3 is 1. The van der Waals surface area contributed by atoms with Crippen LogP contribution < -0.4 is 5.32 Å². The number of ether oxygens (including phenoxy) is 1.